The van der Waals surface area contributed by atoms with Crippen LogP contribution in [0.1, 0.15) is 0 Å². The maximum Gasteiger partial charge on any atom is 0.0915 e. The lowest BCUT2D eigenvalue weighted by atomic mass is 10.2. The lowest BCUT2D eigenvalue weighted by molar-refractivity contribution is -0.113. The van der Waals surface area contributed by atoms with E-state index in [9.17, 15) is 0 Å². The van der Waals surface area contributed by atoms with E-state index >= 15 is 0 Å². The Hall–Kier alpha value is -1.46. The topological polar surface area (TPSA) is 39.8 Å². The van der Waals surface area contributed by atoms with E-state index in [1.807, 2.05) is 12.4 Å². The van der Waals surface area contributed by atoms with Gasteiger partial charge in [-0.05, 0) is 12.2 Å². The molecule has 2 N–H and O–H groups in total. The summed E-state index contributed by atoms with van der Waals surface area (Å²) in [5.74, 6) is 0. The van der Waals surface area contributed by atoms with Gasteiger partial charge in [0.25, 0.3) is 0 Å². The van der Waals surface area contributed by atoms with Crippen molar-refractivity contribution in [3.05, 3.63) is 35.9 Å². The van der Waals surface area contributed by atoms with Crippen LogP contribution in [0.5, 0.6) is 0 Å². The highest BCUT2D eigenvalue weighted by Gasteiger charge is 2.19. The third-order valence-electron chi connectivity index (χ3n) is 2.77. The molecule has 0 atom stereocenters. The minimum absolute atomic E-state index is 1.05. The molecule has 3 rings (SSSR count). The van der Waals surface area contributed by atoms with Crippen molar-refractivity contribution >= 4 is 0 Å². The Morgan fingerprint density at radius 1 is 1.20 bits per heavy atom. The van der Waals surface area contributed by atoms with Gasteiger partial charge in [-0.25, -0.2) is 10.5 Å². The van der Waals surface area contributed by atoms with Crippen LogP contribution >= 0.6 is 0 Å². The van der Waals surface area contributed by atoms with E-state index in [-0.39, 0.29) is 0 Å². The Bertz CT molecular complexity index is 341. The number of hydrogen-bond acceptors (Lipinski definition) is 5. The van der Waals surface area contributed by atoms with E-state index < -0.39 is 0 Å². The van der Waals surface area contributed by atoms with E-state index in [4.69, 9.17) is 4.94 Å². The minimum Gasteiger partial charge on any atom is -0.369 e. The quantitative estimate of drug-likeness (QED) is 0.626. The number of nitrogens with zero attached hydrogens (tertiary/aromatic N) is 2. The van der Waals surface area contributed by atoms with Crippen molar-refractivity contribution in [2.45, 2.75) is 0 Å². The Morgan fingerprint density at radius 3 is 2.93 bits per heavy atom. The van der Waals surface area contributed by atoms with Gasteiger partial charge in [0.15, 0.2) is 0 Å². The van der Waals surface area contributed by atoms with Crippen LogP contribution < -0.4 is 10.8 Å². The molecule has 5 heteroatoms. The van der Waals surface area contributed by atoms with Gasteiger partial charge in [0.1, 0.15) is 0 Å². The molecule has 0 radical (unpaired) electrons. The SMILES string of the molecule is C1=CN2ONC=C2C=C1N1CCNCC1. The summed E-state index contributed by atoms with van der Waals surface area (Å²) in [6.45, 7) is 4.25. The molecular formula is C10H14N4O. The van der Waals surface area contributed by atoms with Crippen LogP contribution in [0.4, 0.5) is 0 Å². The summed E-state index contributed by atoms with van der Waals surface area (Å²) in [6, 6.07) is 0. The molecule has 80 valence electrons. The van der Waals surface area contributed by atoms with Gasteiger partial charge < -0.3 is 10.2 Å². The molecule has 0 unspecified atom stereocenters. The van der Waals surface area contributed by atoms with Gasteiger partial charge in [0.2, 0.25) is 0 Å². The van der Waals surface area contributed by atoms with Gasteiger partial charge >= 0.3 is 0 Å². The Labute approximate surface area is 88.6 Å². The first kappa shape index (κ1) is 8.82. The smallest absolute Gasteiger partial charge is 0.0915 e. The van der Waals surface area contributed by atoms with Crippen molar-refractivity contribution in [1.82, 2.24) is 20.8 Å². The molecule has 0 aromatic carbocycles. The molecule has 0 aliphatic carbocycles. The standard InChI is InChI=1S/C10H14N4O/c1-4-14-10(8-12-15-14)7-9(1)13-5-2-11-3-6-13/h1,4,7-8,11-12H,2-3,5-6H2. The van der Waals surface area contributed by atoms with Crippen LogP contribution in [0.15, 0.2) is 35.9 Å². The van der Waals surface area contributed by atoms with Crippen molar-refractivity contribution in [3.8, 4) is 0 Å². The second-order valence-corrected chi connectivity index (χ2v) is 3.73. The molecular weight excluding hydrogens is 192 g/mol. The summed E-state index contributed by atoms with van der Waals surface area (Å²) in [4.78, 5) is 7.50. The summed E-state index contributed by atoms with van der Waals surface area (Å²) in [5, 5.41) is 5.06. The van der Waals surface area contributed by atoms with E-state index in [0.29, 0.717) is 0 Å². The van der Waals surface area contributed by atoms with Crippen molar-refractivity contribution in [2.75, 3.05) is 26.2 Å². The average Bonchev–Trinajstić information content (AvgIpc) is 2.77. The number of nitrogens with one attached hydrogen (secondary N) is 2. The van der Waals surface area contributed by atoms with Gasteiger partial charge in [0.05, 0.1) is 11.9 Å². The van der Waals surface area contributed by atoms with Crippen molar-refractivity contribution in [1.29, 1.82) is 0 Å². The first-order valence-corrected chi connectivity index (χ1v) is 5.21. The fourth-order valence-electron chi connectivity index (χ4n) is 1.95. The molecule has 0 amide bonds. The van der Waals surface area contributed by atoms with Crippen LogP contribution in [0.2, 0.25) is 0 Å². The Balaban J connectivity index is 1.78. The molecule has 3 aliphatic heterocycles. The average molecular weight is 206 g/mol. The Morgan fingerprint density at radius 2 is 2.07 bits per heavy atom. The predicted octanol–water partition coefficient (Wildman–Crippen LogP) is -0.104. The van der Waals surface area contributed by atoms with Crippen LogP contribution in [0.3, 0.4) is 0 Å². The lowest BCUT2D eigenvalue weighted by Gasteiger charge is -2.32. The lowest BCUT2D eigenvalue weighted by Crippen LogP contribution is -2.43. The van der Waals surface area contributed by atoms with Crippen LogP contribution in [-0.2, 0) is 4.94 Å². The molecule has 0 spiro atoms. The van der Waals surface area contributed by atoms with Crippen LogP contribution in [-0.4, -0.2) is 36.1 Å². The number of allylic oxidation sites excluding steroid dienone is 2. The summed E-state index contributed by atoms with van der Waals surface area (Å²) >= 11 is 0. The first-order chi connectivity index (χ1) is 7.43. The molecule has 0 aromatic heterocycles. The second kappa shape index (κ2) is 3.60. The monoisotopic (exact) mass is 206 g/mol. The van der Waals surface area contributed by atoms with Crippen molar-refractivity contribution in [3.63, 3.8) is 0 Å². The van der Waals surface area contributed by atoms with E-state index in [2.05, 4.69) is 27.8 Å². The minimum atomic E-state index is 1.05. The third-order valence-corrected chi connectivity index (χ3v) is 2.77. The fraction of sp³-hybridized carbons (Fsp3) is 0.400. The zero-order valence-electron chi connectivity index (χ0n) is 8.44. The maximum absolute atomic E-state index is 5.12. The highest BCUT2D eigenvalue weighted by Crippen LogP contribution is 2.21. The largest absolute Gasteiger partial charge is 0.369 e. The molecule has 1 saturated heterocycles. The molecule has 0 bridgehead atoms. The van der Waals surface area contributed by atoms with Gasteiger partial charge in [-0.2, -0.15) is 4.94 Å². The van der Waals surface area contributed by atoms with Crippen molar-refractivity contribution < 1.29 is 4.94 Å². The van der Waals surface area contributed by atoms with Gasteiger partial charge in [-0.3, -0.25) is 0 Å². The summed E-state index contributed by atoms with van der Waals surface area (Å²) in [5.41, 5.74) is 5.03. The van der Waals surface area contributed by atoms with Crippen molar-refractivity contribution in [2.24, 2.45) is 0 Å². The highest BCUT2D eigenvalue weighted by molar-refractivity contribution is 5.34. The molecule has 5 nitrogen and oxygen atoms in total. The molecule has 3 aliphatic rings. The molecule has 0 aromatic rings. The maximum atomic E-state index is 5.12. The van der Waals surface area contributed by atoms with E-state index in [1.165, 1.54) is 5.70 Å². The third kappa shape index (κ3) is 1.60. The number of fused-ring (bicyclic) bond motifs is 1. The highest BCUT2D eigenvalue weighted by atomic mass is 16.8. The molecule has 1 fully saturated rings. The van der Waals surface area contributed by atoms with Gasteiger partial charge in [-0.15, -0.1) is 0 Å². The Kier molecular flexibility index (Phi) is 2.12. The molecule has 3 heterocycles. The second-order valence-electron chi connectivity index (χ2n) is 3.73. The number of hydrogen-bond donors (Lipinski definition) is 2. The fourth-order valence-corrected chi connectivity index (χ4v) is 1.95. The zero-order chi connectivity index (χ0) is 10.1. The number of hydroxylamine groups is 3. The summed E-state index contributed by atoms with van der Waals surface area (Å²) in [6.07, 6.45) is 8.00. The molecule has 0 saturated carbocycles. The first-order valence-electron chi connectivity index (χ1n) is 5.21. The predicted molar refractivity (Wildman–Crippen MR) is 55.8 cm³/mol. The van der Waals surface area contributed by atoms with E-state index in [1.54, 1.807) is 5.06 Å². The normalized spacial score (nSPS) is 24.5. The van der Waals surface area contributed by atoms with E-state index in [0.717, 1.165) is 31.9 Å². The van der Waals surface area contributed by atoms with Crippen LogP contribution in [0, 0.1) is 0 Å². The van der Waals surface area contributed by atoms with Gasteiger partial charge in [0, 0.05) is 38.1 Å². The summed E-state index contributed by atoms with van der Waals surface area (Å²) < 4.78 is 0. The zero-order valence-corrected chi connectivity index (χ0v) is 8.44. The van der Waals surface area contributed by atoms with Gasteiger partial charge in [-0.1, -0.05) is 0 Å². The van der Waals surface area contributed by atoms with Crippen LogP contribution in [0.25, 0.3) is 0 Å². The number of piperazine rings is 1. The number of rotatable bonds is 1. The summed E-state index contributed by atoms with van der Waals surface area (Å²) in [7, 11) is 0. The molecule has 15 heavy (non-hydrogen) atoms.